The van der Waals surface area contributed by atoms with Crippen LogP contribution in [0, 0.1) is 12.7 Å². The van der Waals surface area contributed by atoms with Crippen LogP contribution in [-0.2, 0) is 13.5 Å². The minimum absolute atomic E-state index is 0.0652. The van der Waals surface area contributed by atoms with E-state index in [2.05, 4.69) is 17.3 Å². The van der Waals surface area contributed by atoms with E-state index < -0.39 is 11.7 Å². The van der Waals surface area contributed by atoms with Gasteiger partial charge in [-0.3, -0.25) is 9.48 Å². The number of hydrogen-bond donors (Lipinski definition) is 1. The molecular formula is C23H21FN4OS. The first-order valence-corrected chi connectivity index (χ1v) is 10.4. The van der Waals surface area contributed by atoms with Crippen molar-refractivity contribution in [3.8, 4) is 21.8 Å². The maximum atomic E-state index is 14.0. The quantitative estimate of drug-likeness (QED) is 0.466. The number of nitrogens with zero attached hydrogens (tertiary/aromatic N) is 3. The minimum Gasteiger partial charge on any atom is -0.322 e. The third-order valence-corrected chi connectivity index (χ3v) is 6.08. The van der Waals surface area contributed by atoms with E-state index in [4.69, 9.17) is 4.98 Å². The Labute approximate surface area is 178 Å². The molecule has 4 rings (SSSR count). The molecule has 0 atom stereocenters. The summed E-state index contributed by atoms with van der Waals surface area (Å²) in [6.45, 7) is 3.82. The zero-order chi connectivity index (χ0) is 21.3. The third-order valence-electron chi connectivity index (χ3n) is 4.84. The molecule has 30 heavy (non-hydrogen) atoms. The van der Waals surface area contributed by atoms with Crippen molar-refractivity contribution in [2.75, 3.05) is 5.32 Å². The average molecular weight is 421 g/mol. The van der Waals surface area contributed by atoms with Gasteiger partial charge in [-0.2, -0.15) is 5.10 Å². The van der Waals surface area contributed by atoms with E-state index in [0.717, 1.165) is 28.2 Å². The van der Waals surface area contributed by atoms with Crippen LogP contribution in [0.2, 0.25) is 0 Å². The molecule has 2 heterocycles. The summed E-state index contributed by atoms with van der Waals surface area (Å²) in [5, 5.41) is 7.93. The summed E-state index contributed by atoms with van der Waals surface area (Å²) in [5.41, 5.74) is 4.17. The van der Waals surface area contributed by atoms with E-state index >= 15 is 0 Å². The van der Waals surface area contributed by atoms with Crippen molar-refractivity contribution < 1.29 is 9.18 Å². The second-order valence-electron chi connectivity index (χ2n) is 7.01. The molecule has 1 N–H and O–H groups in total. The lowest BCUT2D eigenvalue weighted by Gasteiger charge is -2.09. The number of nitrogens with one attached hydrogen (secondary N) is 1. The number of aryl methyl sites for hydroxylation is 3. The van der Waals surface area contributed by atoms with Crippen LogP contribution in [0.1, 0.15) is 27.7 Å². The fraction of sp³-hybridized carbons (Fsp3) is 0.174. The zero-order valence-electron chi connectivity index (χ0n) is 16.9. The van der Waals surface area contributed by atoms with Crippen LogP contribution in [0.5, 0.6) is 0 Å². The number of benzene rings is 2. The number of halogens is 1. The Kier molecular flexibility index (Phi) is 5.46. The molecule has 2 aromatic heterocycles. The fourth-order valence-corrected chi connectivity index (χ4v) is 4.29. The molecule has 0 saturated heterocycles. The largest absolute Gasteiger partial charge is 0.322 e. The van der Waals surface area contributed by atoms with Crippen molar-refractivity contribution in [3.63, 3.8) is 0 Å². The first kappa shape index (κ1) is 20.0. The number of carbonyl (C=O) groups excluding carboxylic acids is 1. The van der Waals surface area contributed by atoms with E-state index in [1.807, 2.05) is 43.7 Å². The van der Waals surface area contributed by atoms with Gasteiger partial charge in [0, 0.05) is 34.9 Å². The van der Waals surface area contributed by atoms with E-state index in [0.29, 0.717) is 11.3 Å². The maximum absolute atomic E-state index is 14.0. The molecule has 0 saturated carbocycles. The van der Waals surface area contributed by atoms with Crippen LogP contribution >= 0.6 is 11.3 Å². The fourth-order valence-electron chi connectivity index (χ4n) is 3.30. The minimum atomic E-state index is -0.526. The molecule has 0 fully saturated rings. The van der Waals surface area contributed by atoms with E-state index in [1.54, 1.807) is 35.1 Å². The van der Waals surface area contributed by atoms with Gasteiger partial charge in [0.05, 0.1) is 17.5 Å². The number of thiazole rings is 1. The van der Waals surface area contributed by atoms with Gasteiger partial charge in [-0.05, 0) is 37.1 Å². The second-order valence-corrected chi connectivity index (χ2v) is 8.09. The number of carbonyl (C=O) groups is 1. The maximum Gasteiger partial charge on any atom is 0.258 e. The van der Waals surface area contributed by atoms with Crippen molar-refractivity contribution >= 4 is 22.9 Å². The van der Waals surface area contributed by atoms with Gasteiger partial charge in [0.2, 0.25) is 0 Å². The first-order valence-electron chi connectivity index (χ1n) is 9.62. The van der Waals surface area contributed by atoms with Gasteiger partial charge in [-0.1, -0.05) is 31.2 Å². The van der Waals surface area contributed by atoms with Gasteiger partial charge in [-0.15, -0.1) is 11.3 Å². The summed E-state index contributed by atoms with van der Waals surface area (Å²) in [6, 6.07) is 12.1. The Hall–Kier alpha value is -3.32. The van der Waals surface area contributed by atoms with Crippen LogP contribution in [0.25, 0.3) is 21.8 Å². The highest BCUT2D eigenvalue weighted by Crippen LogP contribution is 2.34. The Balaban J connectivity index is 1.58. The summed E-state index contributed by atoms with van der Waals surface area (Å²) in [5.74, 6) is -0.984. The van der Waals surface area contributed by atoms with Crippen LogP contribution in [0.15, 0.2) is 54.9 Å². The zero-order valence-corrected chi connectivity index (χ0v) is 17.8. The molecule has 0 bridgehead atoms. The Morgan fingerprint density at radius 3 is 2.57 bits per heavy atom. The lowest BCUT2D eigenvalue weighted by atomic mass is 10.1. The number of rotatable bonds is 5. The lowest BCUT2D eigenvalue weighted by molar-refractivity contribution is 0.102. The lowest BCUT2D eigenvalue weighted by Crippen LogP contribution is -2.15. The van der Waals surface area contributed by atoms with Gasteiger partial charge in [0.25, 0.3) is 5.91 Å². The van der Waals surface area contributed by atoms with Crippen molar-refractivity contribution in [1.29, 1.82) is 0 Å². The van der Waals surface area contributed by atoms with Crippen molar-refractivity contribution in [3.05, 3.63) is 76.7 Å². The Morgan fingerprint density at radius 1 is 1.17 bits per heavy atom. The van der Waals surface area contributed by atoms with Crippen LogP contribution in [0.3, 0.4) is 0 Å². The molecule has 152 valence electrons. The molecule has 0 aliphatic carbocycles. The standard InChI is InChI=1S/C23H21FN4OS/c1-4-19-21(27-23(30-19)16-12-25-28(3)13-16)15-8-10-17(11-9-15)26-22(29)20-14(2)6-5-7-18(20)24/h5-13H,4H2,1-3H3,(H,26,29). The van der Waals surface area contributed by atoms with E-state index in [9.17, 15) is 9.18 Å². The van der Waals surface area contributed by atoms with Gasteiger partial charge < -0.3 is 5.32 Å². The van der Waals surface area contributed by atoms with Gasteiger partial charge in [-0.25, -0.2) is 9.37 Å². The Bertz CT molecular complexity index is 1190. The normalized spacial score (nSPS) is 10.9. The van der Waals surface area contributed by atoms with Gasteiger partial charge >= 0.3 is 0 Å². The van der Waals surface area contributed by atoms with Gasteiger partial charge in [0.1, 0.15) is 10.8 Å². The SMILES string of the molecule is CCc1sc(-c2cnn(C)c2)nc1-c1ccc(NC(=O)c2c(C)cccc2F)cc1. The van der Waals surface area contributed by atoms with Crippen molar-refractivity contribution in [1.82, 2.24) is 14.8 Å². The predicted octanol–water partition coefficient (Wildman–Crippen LogP) is 5.47. The number of hydrogen-bond acceptors (Lipinski definition) is 4. The van der Waals surface area contributed by atoms with Crippen LogP contribution < -0.4 is 5.32 Å². The monoisotopic (exact) mass is 420 g/mol. The summed E-state index contributed by atoms with van der Waals surface area (Å²) in [6.07, 6.45) is 4.63. The highest BCUT2D eigenvalue weighted by atomic mass is 32.1. The number of amides is 1. The second kappa shape index (κ2) is 8.20. The van der Waals surface area contributed by atoms with Crippen LogP contribution in [0.4, 0.5) is 10.1 Å². The summed E-state index contributed by atoms with van der Waals surface area (Å²) >= 11 is 1.66. The summed E-state index contributed by atoms with van der Waals surface area (Å²) in [4.78, 5) is 18.5. The molecule has 4 aromatic rings. The molecule has 2 aromatic carbocycles. The van der Waals surface area contributed by atoms with E-state index in [1.165, 1.54) is 10.9 Å². The van der Waals surface area contributed by atoms with Gasteiger partial charge in [0.15, 0.2) is 0 Å². The molecule has 7 heteroatoms. The molecule has 5 nitrogen and oxygen atoms in total. The van der Waals surface area contributed by atoms with Crippen molar-refractivity contribution in [2.24, 2.45) is 7.05 Å². The predicted molar refractivity (Wildman–Crippen MR) is 118 cm³/mol. The molecule has 0 unspecified atom stereocenters. The molecule has 1 amide bonds. The smallest absolute Gasteiger partial charge is 0.258 e. The highest BCUT2D eigenvalue weighted by Gasteiger charge is 2.16. The summed E-state index contributed by atoms with van der Waals surface area (Å²) in [7, 11) is 1.88. The third kappa shape index (κ3) is 3.89. The van der Waals surface area contributed by atoms with E-state index in [-0.39, 0.29) is 5.56 Å². The first-order chi connectivity index (χ1) is 14.5. The number of aromatic nitrogens is 3. The molecule has 0 spiro atoms. The number of anilines is 1. The topological polar surface area (TPSA) is 59.8 Å². The molecule has 0 aliphatic rings. The average Bonchev–Trinajstić information content (AvgIpc) is 3.34. The molecule has 0 radical (unpaired) electrons. The van der Waals surface area contributed by atoms with Crippen LogP contribution in [-0.4, -0.2) is 20.7 Å². The molecule has 0 aliphatic heterocycles. The summed E-state index contributed by atoms with van der Waals surface area (Å²) < 4.78 is 15.8. The van der Waals surface area contributed by atoms with Crippen molar-refractivity contribution in [2.45, 2.75) is 20.3 Å². The molecular weight excluding hydrogens is 399 g/mol. The highest BCUT2D eigenvalue weighted by molar-refractivity contribution is 7.15. The Morgan fingerprint density at radius 2 is 1.93 bits per heavy atom.